The maximum Gasteiger partial charge on any atom is 0.247 e. The van der Waals surface area contributed by atoms with Gasteiger partial charge in [-0.25, -0.2) is 4.68 Å². The van der Waals surface area contributed by atoms with Crippen LogP contribution in [0.3, 0.4) is 0 Å². The summed E-state index contributed by atoms with van der Waals surface area (Å²) >= 11 is 0. The van der Waals surface area contributed by atoms with E-state index in [0.717, 1.165) is 42.5 Å². The third-order valence-electron chi connectivity index (χ3n) is 7.40. The number of para-hydroxylation sites is 1. The fraction of sp³-hybridized carbons (Fsp3) is 0.517. The van der Waals surface area contributed by atoms with Crippen molar-refractivity contribution < 1.29 is 14.3 Å². The summed E-state index contributed by atoms with van der Waals surface area (Å²) in [7, 11) is 0. The Balaban J connectivity index is 1.68. The summed E-state index contributed by atoms with van der Waals surface area (Å²) in [5, 5.41) is 11.6. The van der Waals surface area contributed by atoms with E-state index < -0.39 is 11.6 Å². The molecule has 0 bridgehead atoms. The van der Waals surface area contributed by atoms with Gasteiger partial charge in [-0.3, -0.25) is 14.5 Å². The minimum atomic E-state index is -0.768. The Bertz CT molecular complexity index is 1220. The number of aromatic nitrogens is 3. The number of nitrogens with zero attached hydrogens (tertiary/aromatic N) is 5. The molecule has 0 radical (unpaired) electrons. The normalized spacial score (nSPS) is 15.4. The highest BCUT2D eigenvalue weighted by Gasteiger charge is 2.34. The molecule has 1 aliphatic rings. The predicted octanol–water partition coefficient (Wildman–Crippen LogP) is 3.20. The quantitative estimate of drug-likeness (QED) is 0.418. The zero-order valence-electron chi connectivity index (χ0n) is 23.0. The summed E-state index contributed by atoms with van der Waals surface area (Å²) in [4.78, 5) is 31.9. The van der Waals surface area contributed by atoms with Gasteiger partial charge >= 0.3 is 0 Å². The van der Waals surface area contributed by atoms with E-state index in [9.17, 15) is 9.59 Å². The summed E-state index contributed by atoms with van der Waals surface area (Å²) in [6, 6.07) is 14.8. The van der Waals surface area contributed by atoms with Crippen LogP contribution in [0.25, 0.3) is 11.0 Å². The fourth-order valence-corrected chi connectivity index (χ4v) is 4.62. The Morgan fingerprint density at radius 3 is 2.47 bits per heavy atom. The zero-order chi connectivity index (χ0) is 27.1. The average Bonchev–Trinajstić information content (AvgIpc) is 3.34. The van der Waals surface area contributed by atoms with Crippen LogP contribution in [0.1, 0.15) is 51.3 Å². The number of amides is 2. The third kappa shape index (κ3) is 6.76. The van der Waals surface area contributed by atoms with Crippen molar-refractivity contribution in [3.8, 4) is 0 Å². The van der Waals surface area contributed by atoms with E-state index in [1.54, 1.807) is 9.58 Å². The number of hydrogen-bond acceptors (Lipinski definition) is 6. The Morgan fingerprint density at radius 1 is 1.08 bits per heavy atom. The average molecular weight is 521 g/mol. The monoisotopic (exact) mass is 520 g/mol. The second kappa shape index (κ2) is 12.5. The van der Waals surface area contributed by atoms with Crippen LogP contribution < -0.4 is 5.32 Å². The molecule has 0 aliphatic carbocycles. The maximum atomic E-state index is 14.0. The molecule has 2 aromatic carbocycles. The van der Waals surface area contributed by atoms with Crippen molar-refractivity contribution in [3.05, 3.63) is 59.7 Å². The molecule has 204 valence electrons. The molecule has 1 N–H and O–H groups in total. The SMILES string of the molecule is CCc1ccc(C(C(=O)NC(C)(C)CC)N(CCN2CCOCC2)C(=O)Cn2nnc3ccccc32)cc1. The second-order valence-corrected chi connectivity index (χ2v) is 10.5. The van der Waals surface area contributed by atoms with E-state index in [1.165, 1.54) is 5.56 Å². The molecule has 2 heterocycles. The topological polar surface area (TPSA) is 92.6 Å². The molecule has 1 saturated heterocycles. The molecule has 38 heavy (non-hydrogen) atoms. The Morgan fingerprint density at radius 2 is 1.79 bits per heavy atom. The van der Waals surface area contributed by atoms with Crippen LogP contribution in [0, 0.1) is 0 Å². The van der Waals surface area contributed by atoms with Crippen LogP contribution in [0.4, 0.5) is 0 Å². The summed E-state index contributed by atoms with van der Waals surface area (Å²) in [5.74, 6) is -0.359. The first kappa shape index (κ1) is 27.7. The first-order valence-electron chi connectivity index (χ1n) is 13.6. The standard InChI is InChI=1S/C29H40N6O3/c1-5-22-11-13-23(14-12-22)27(28(37)30-29(3,4)6-2)34(16-15-33-17-19-38-20-18-33)26(36)21-35-25-10-8-7-9-24(25)31-32-35/h7-14,27H,5-6,15-21H2,1-4H3,(H,30,37). The van der Waals surface area contributed by atoms with Crippen molar-refractivity contribution in [1.82, 2.24) is 30.1 Å². The lowest BCUT2D eigenvalue weighted by Crippen LogP contribution is -2.52. The number of nitrogens with one attached hydrogen (secondary N) is 1. The van der Waals surface area contributed by atoms with Crippen LogP contribution in [0.2, 0.25) is 0 Å². The molecule has 0 saturated carbocycles. The Labute approximate surface area is 225 Å². The van der Waals surface area contributed by atoms with Gasteiger partial charge in [0.05, 0.1) is 18.7 Å². The van der Waals surface area contributed by atoms with Crippen molar-refractivity contribution in [2.45, 2.75) is 58.7 Å². The van der Waals surface area contributed by atoms with Gasteiger partial charge in [0.1, 0.15) is 18.1 Å². The van der Waals surface area contributed by atoms with Crippen LogP contribution in [-0.2, 0) is 27.3 Å². The number of ether oxygens (including phenoxy) is 1. The molecule has 1 fully saturated rings. The van der Waals surface area contributed by atoms with Crippen molar-refractivity contribution in [2.24, 2.45) is 0 Å². The van der Waals surface area contributed by atoms with Crippen molar-refractivity contribution >= 4 is 22.8 Å². The van der Waals surface area contributed by atoms with E-state index in [-0.39, 0.29) is 18.4 Å². The number of benzene rings is 2. The number of rotatable bonds is 11. The highest BCUT2D eigenvalue weighted by molar-refractivity contribution is 5.89. The first-order chi connectivity index (χ1) is 18.3. The number of aryl methyl sites for hydroxylation is 1. The number of hydrogen-bond donors (Lipinski definition) is 1. The number of carbonyl (C=O) groups excluding carboxylic acids is 2. The molecule has 2 amide bonds. The largest absolute Gasteiger partial charge is 0.379 e. The lowest BCUT2D eigenvalue weighted by molar-refractivity contribution is -0.142. The van der Waals surface area contributed by atoms with Gasteiger partial charge in [-0.1, -0.05) is 55.5 Å². The van der Waals surface area contributed by atoms with Crippen LogP contribution in [0.15, 0.2) is 48.5 Å². The van der Waals surface area contributed by atoms with E-state index in [4.69, 9.17) is 4.74 Å². The smallest absolute Gasteiger partial charge is 0.247 e. The summed E-state index contributed by atoms with van der Waals surface area (Å²) in [6.07, 6.45) is 1.67. The van der Waals surface area contributed by atoms with E-state index in [0.29, 0.717) is 26.3 Å². The number of fused-ring (bicyclic) bond motifs is 1. The van der Waals surface area contributed by atoms with Crippen molar-refractivity contribution in [3.63, 3.8) is 0 Å². The first-order valence-corrected chi connectivity index (χ1v) is 13.6. The third-order valence-corrected chi connectivity index (χ3v) is 7.40. The second-order valence-electron chi connectivity index (χ2n) is 10.5. The van der Waals surface area contributed by atoms with Crippen LogP contribution in [-0.4, -0.2) is 81.5 Å². The molecule has 9 heteroatoms. The lowest BCUT2D eigenvalue weighted by atomic mass is 9.97. The van der Waals surface area contributed by atoms with Gasteiger partial charge in [0.15, 0.2) is 0 Å². The van der Waals surface area contributed by atoms with Crippen LogP contribution in [0.5, 0.6) is 0 Å². The van der Waals surface area contributed by atoms with E-state index in [2.05, 4.69) is 27.5 Å². The molecule has 9 nitrogen and oxygen atoms in total. The molecule has 4 rings (SSSR count). The van der Waals surface area contributed by atoms with Gasteiger partial charge in [0, 0.05) is 31.7 Å². The predicted molar refractivity (Wildman–Crippen MR) is 148 cm³/mol. The summed E-state index contributed by atoms with van der Waals surface area (Å²) in [5.41, 5.74) is 3.09. The van der Waals surface area contributed by atoms with Crippen LogP contribution >= 0.6 is 0 Å². The van der Waals surface area contributed by atoms with Gasteiger partial charge in [0.2, 0.25) is 11.8 Å². The van der Waals surface area contributed by atoms with Gasteiger partial charge < -0.3 is 15.0 Å². The Hall–Kier alpha value is -3.30. The Kier molecular flexibility index (Phi) is 9.12. The van der Waals surface area contributed by atoms with Gasteiger partial charge in [-0.05, 0) is 49.9 Å². The van der Waals surface area contributed by atoms with E-state index >= 15 is 0 Å². The molecule has 0 spiro atoms. The van der Waals surface area contributed by atoms with Gasteiger partial charge in [-0.2, -0.15) is 0 Å². The maximum absolute atomic E-state index is 14.0. The van der Waals surface area contributed by atoms with Crippen molar-refractivity contribution in [2.75, 3.05) is 39.4 Å². The highest BCUT2D eigenvalue weighted by atomic mass is 16.5. The van der Waals surface area contributed by atoms with Gasteiger partial charge in [0.25, 0.3) is 0 Å². The molecule has 3 aromatic rings. The minimum absolute atomic E-state index is 0.00236. The molecule has 1 atom stereocenters. The van der Waals surface area contributed by atoms with Crippen molar-refractivity contribution in [1.29, 1.82) is 0 Å². The highest BCUT2D eigenvalue weighted by Crippen LogP contribution is 2.25. The molecule has 1 aromatic heterocycles. The van der Waals surface area contributed by atoms with Gasteiger partial charge in [-0.15, -0.1) is 5.10 Å². The number of carbonyl (C=O) groups is 2. The summed E-state index contributed by atoms with van der Waals surface area (Å²) < 4.78 is 7.12. The summed E-state index contributed by atoms with van der Waals surface area (Å²) in [6.45, 7) is 12.2. The lowest BCUT2D eigenvalue weighted by Gasteiger charge is -2.36. The number of morpholine rings is 1. The molecule has 1 unspecified atom stereocenters. The molecular formula is C29H40N6O3. The fourth-order valence-electron chi connectivity index (χ4n) is 4.62. The molecule has 1 aliphatic heterocycles. The molecular weight excluding hydrogens is 480 g/mol. The van der Waals surface area contributed by atoms with E-state index in [1.807, 2.05) is 69.3 Å². The minimum Gasteiger partial charge on any atom is -0.379 e. The zero-order valence-corrected chi connectivity index (χ0v) is 23.0.